The summed E-state index contributed by atoms with van der Waals surface area (Å²) >= 11 is 0. The van der Waals surface area contributed by atoms with Crippen molar-refractivity contribution in [2.45, 2.75) is 51.2 Å². The summed E-state index contributed by atoms with van der Waals surface area (Å²) in [5.41, 5.74) is 0. The SMILES string of the molecule is CCN(CCNC1CCCCC1)CC(F)(F)F. The van der Waals surface area contributed by atoms with Gasteiger partial charge in [0, 0.05) is 19.1 Å². The molecule has 2 nitrogen and oxygen atoms in total. The molecule has 0 heterocycles. The smallest absolute Gasteiger partial charge is 0.313 e. The molecule has 1 aliphatic rings. The second kappa shape index (κ2) is 7.21. The largest absolute Gasteiger partial charge is 0.401 e. The number of alkyl halides is 3. The van der Waals surface area contributed by atoms with E-state index in [9.17, 15) is 13.2 Å². The van der Waals surface area contributed by atoms with Gasteiger partial charge in [0.2, 0.25) is 0 Å². The first-order chi connectivity index (χ1) is 8.01. The molecule has 1 aliphatic carbocycles. The Morgan fingerprint density at radius 3 is 2.35 bits per heavy atom. The van der Waals surface area contributed by atoms with Gasteiger partial charge in [0.1, 0.15) is 0 Å². The van der Waals surface area contributed by atoms with Crippen LogP contribution in [0.25, 0.3) is 0 Å². The van der Waals surface area contributed by atoms with Crippen LogP contribution in [-0.2, 0) is 0 Å². The van der Waals surface area contributed by atoms with Crippen molar-refractivity contribution in [1.82, 2.24) is 10.2 Å². The van der Waals surface area contributed by atoms with Crippen LogP contribution >= 0.6 is 0 Å². The molecular formula is C12H23F3N2. The number of likely N-dealkylation sites (N-methyl/N-ethyl adjacent to an activating group) is 1. The maximum absolute atomic E-state index is 12.2. The van der Waals surface area contributed by atoms with Gasteiger partial charge in [-0.3, -0.25) is 4.90 Å². The van der Waals surface area contributed by atoms with Crippen molar-refractivity contribution in [3.8, 4) is 0 Å². The number of halogens is 3. The lowest BCUT2D eigenvalue weighted by Gasteiger charge is -2.26. The van der Waals surface area contributed by atoms with Gasteiger partial charge >= 0.3 is 6.18 Å². The first kappa shape index (κ1) is 14.8. The highest BCUT2D eigenvalue weighted by atomic mass is 19.4. The Balaban J connectivity index is 2.14. The lowest BCUT2D eigenvalue weighted by atomic mass is 9.95. The summed E-state index contributed by atoms with van der Waals surface area (Å²) in [4.78, 5) is 1.44. The Labute approximate surface area is 102 Å². The van der Waals surface area contributed by atoms with E-state index in [-0.39, 0.29) is 0 Å². The van der Waals surface area contributed by atoms with Crippen molar-refractivity contribution >= 4 is 0 Å². The third-order valence-electron chi connectivity index (χ3n) is 3.32. The molecule has 0 aromatic rings. The van der Waals surface area contributed by atoms with Gasteiger partial charge in [-0.15, -0.1) is 0 Å². The molecule has 0 spiro atoms. The third-order valence-corrected chi connectivity index (χ3v) is 3.32. The summed E-state index contributed by atoms with van der Waals surface area (Å²) in [6.07, 6.45) is 2.06. The maximum atomic E-state index is 12.2. The average Bonchev–Trinajstić information content (AvgIpc) is 2.27. The fraction of sp³-hybridized carbons (Fsp3) is 1.00. The number of hydrogen-bond acceptors (Lipinski definition) is 2. The second-order valence-corrected chi connectivity index (χ2v) is 4.77. The topological polar surface area (TPSA) is 15.3 Å². The second-order valence-electron chi connectivity index (χ2n) is 4.77. The van der Waals surface area contributed by atoms with E-state index in [2.05, 4.69) is 5.32 Å². The standard InChI is InChI=1S/C12H23F3N2/c1-2-17(10-12(13,14)15)9-8-16-11-6-4-3-5-7-11/h11,16H,2-10H2,1H3. The van der Waals surface area contributed by atoms with Gasteiger partial charge in [0.25, 0.3) is 0 Å². The van der Waals surface area contributed by atoms with Gasteiger partial charge in [-0.1, -0.05) is 26.2 Å². The molecule has 1 rings (SSSR count). The van der Waals surface area contributed by atoms with Crippen LogP contribution in [0.3, 0.4) is 0 Å². The molecule has 0 aromatic heterocycles. The molecule has 5 heteroatoms. The molecule has 0 unspecified atom stereocenters. The van der Waals surface area contributed by atoms with E-state index >= 15 is 0 Å². The Hall–Kier alpha value is -0.290. The fourth-order valence-electron chi connectivity index (χ4n) is 2.34. The van der Waals surface area contributed by atoms with Crippen molar-refractivity contribution in [1.29, 1.82) is 0 Å². The normalized spacial score (nSPS) is 18.9. The molecule has 0 radical (unpaired) electrons. The van der Waals surface area contributed by atoms with Gasteiger partial charge in [-0.25, -0.2) is 0 Å². The third kappa shape index (κ3) is 6.88. The van der Waals surface area contributed by atoms with Gasteiger partial charge in [-0.05, 0) is 19.4 Å². The summed E-state index contributed by atoms with van der Waals surface area (Å²) < 4.78 is 36.6. The van der Waals surface area contributed by atoms with Crippen molar-refractivity contribution < 1.29 is 13.2 Å². The first-order valence-electron chi connectivity index (χ1n) is 6.54. The van der Waals surface area contributed by atoms with Crippen molar-refractivity contribution in [3.63, 3.8) is 0 Å². The summed E-state index contributed by atoms with van der Waals surface area (Å²) in [5.74, 6) is 0. The first-order valence-corrected chi connectivity index (χ1v) is 6.54. The van der Waals surface area contributed by atoms with E-state index in [1.54, 1.807) is 6.92 Å². The molecule has 0 aromatic carbocycles. The molecule has 1 fully saturated rings. The molecule has 0 aliphatic heterocycles. The van der Waals surface area contributed by atoms with Gasteiger partial charge < -0.3 is 5.32 Å². The van der Waals surface area contributed by atoms with Crippen LogP contribution in [0.1, 0.15) is 39.0 Å². The molecule has 0 saturated heterocycles. The van der Waals surface area contributed by atoms with Gasteiger partial charge in [0.05, 0.1) is 6.54 Å². The van der Waals surface area contributed by atoms with Crippen LogP contribution in [-0.4, -0.2) is 43.3 Å². The summed E-state index contributed by atoms with van der Waals surface area (Å²) in [5, 5.41) is 3.36. The zero-order valence-electron chi connectivity index (χ0n) is 10.5. The van der Waals surface area contributed by atoms with Crippen LogP contribution in [0.15, 0.2) is 0 Å². The fourth-order valence-corrected chi connectivity index (χ4v) is 2.34. The van der Waals surface area contributed by atoms with E-state index in [0.29, 0.717) is 25.7 Å². The van der Waals surface area contributed by atoms with Crippen LogP contribution in [0.4, 0.5) is 13.2 Å². The summed E-state index contributed by atoms with van der Waals surface area (Å²) in [7, 11) is 0. The van der Waals surface area contributed by atoms with E-state index in [1.807, 2.05) is 0 Å². The maximum Gasteiger partial charge on any atom is 0.401 e. The van der Waals surface area contributed by atoms with E-state index < -0.39 is 12.7 Å². The number of rotatable bonds is 6. The quantitative estimate of drug-likeness (QED) is 0.782. The Morgan fingerprint density at radius 1 is 1.18 bits per heavy atom. The molecule has 0 atom stereocenters. The van der Waals surface area contributed by atoms with Gasteiger partial charge in [0.15, 0.2) is 0 Å². The van der Waals surface area contributed by atoms with Gasteiger partial charge in [-0.2, -0.15) is 13.2 Å². The highest BCUT2D eigenvalue weighted by molar-refractivity contribution is 4.73. The lowest BCUT2D eigenvalue weighted by molar-refractivity contribution is -0.145. The zero-order chi connectivity index (χ0) is 12.7. The van der Waals surface area contributed by atoms with E-state index in [1.165, 1.54) is 37.0 Å². The highest BCUT2D eigenvalue weighted by Gasteiger charge is 2.29. The van der Waals surface area contributed by atoms with E-state index in [4.69, 9.17) is 0 Å². The van der Waals surface area contributed by atoms with Crippen molar-refractivity contribution in [2.24, 2.45) is 0 Å². The molecule has 0 bridgehead atoms. The summed E-state index contributed by atoms with van der Waals surface area (Å²) in [6, 6.07) is 0.522. The molecule has 1 N–H and O–H groups in total. The molecule has 0 amide bonds. The Bertz CT molecular complexity index is 200. The number of nitrogens with one attached hydrogen (secondary N) is 1. The predicted molar refractivity (Wildman–Crippen MR) is 63.0 cm³/mol. The predicted octanol–water partition coefficient (Wildman–Crippen LogP) is 2.79. The summed E-state index contributed by atoms with van der Waals surface area (Å²) in [6.45, 7) is 2.56. The lowest BCUT2D eigenvalue weighted by Crippen LogP contribution is -2.41. The van der Waals surface area contributed by atoms with E-state index in [0.717, 1.165) is 0 Å². The van der Waals surface area contributed by atoms with Crippen LogP contribution in [0.5, 0.6) is 0 Å². The zero-order valence-corrected chi connectivity index (χ0v) is 10.5. The average molecular weight is 252 g/mol. The minimum absolute atomic E-state index is 0.450. The van der Waals surface area contributed by atoms with Crippen LogP contribution < -0.4 is 5.32 Å². The minimum atomic E-state index is -4.08. The molecule has 17 heavy (non-hydrogen) atoms. The highest BCUT2D eigenvalue weighted by Crippen LogP contribution is 2.18. The molecule has 1 saturated carbocycles. The Morgan fingerprint density at radius 2 is 1.82 bits per heavy atom. The van der Waals surface area contributed by atoms with Crippen LogP contribution in [0, 0.1) is 0 Å². The van der Waals surface area contributed by atoms with Crippen LogP contribution in [0.2, 0.25) is 0 Å². The monoisotopic (exact) mass is 252 g/mol. The van der Waals surface area contributed by atoms with Crippen molar-refractivity contribution in [2.75, 3.05) is 26.2 Å². The Kier molecular flexibility index (Phi) is 6.27. The van der Waals surface area contributed by atoms with Crippen molar-refractivity contribution in [3.05, 3.63) is 0 Å². The number of nitrogens with zero attached hydrogens (tertiary/aromatic N) is 1. The minimum Gasteiger partial charge on any atom is -0.313 e. The molecular weight excluding hydrogens is 229 g/mol. The number of hydrogen-bond donors (Lipinski definition) is 1. The molecule has 102 valence electrons.